The first kappa shape index (κ1) is 33.7. The van der Waals surface area contributed by atoms with E-state index >= 15 is 0 Å². The highest BCUT2D eigenvalue weighted by Gasteiger charge is 2.40. The molecular weight excluding hydrogens is 656 g/mol. The maximum absolute atomic E-state index is 12.9. The summed E-state index contributed by atoms with van der Waals surface area (Å²) >= 11 is 0. The van der Waals surface area contributed by atoms with Crippen molar-refractivity contribution >= 4 is 45.0 Å². The van der Waals surface area contributed by atoms with Crippen LogP contribution in [0.25, 0.3) is 55.1 Å². The van der Waals surface area contributed by atoms with E-state index in [0.717, 1.165) is 73.8 Å². The monoisotopic (exact) mass is 700 g/mol. The van der Waals surface area contributed by atoms with Crippen LogP contribution in [0.2, 0.25) is 0 Å². The van der Waals surface area contributed by atoms with Gasteiger partial charge < -0.3 is 24.5 Å². The Morgan fingerprint density at radius 2 is 1.31 bits per heavy atom. The summed E-state index contributed by atoms with van der Waals surface area (Å²) in [5.74, 6) is 1.34. The van der Waals surface area contributed by atoms with Gasteiger partial charge in [0.2, 0.25) is 0 Å². The number of likely N-dealkylation sites (tertiary alicyclic amines) is 2. The molecule has 4 aromatic carbocycles. The number of ether oxygens (including phenoxy) is 2. The smallest absolute Gasteiger partial charge is 0.410 e. The van der Waals surface area contributed by atoms with Gasteiger partial charge in [-0.1, -0.05) is 36.4 Å². The molecule has 11 heteroatoms. The van der Waals surface area contributed by atoms with Crippen molar-refractivity contribution in [2.45, 2.75) is 83.8 Å². The number of fused-ring (bicyclic) bond motifs is 3. The van der Waals surface area contributed by atoms with Gasteiger partial charge in [0, 0.05) is 13.1 Å². The van der Waals surface area contributed by atoms with E-state index in [0.29, 0.717) is 25.3 Å². The van der Waals surface area contributed by atoms with Crippen LogP contribution in [0.3, 0.4) is 0 Å². The van der Waals surface area contributed by atoms with Crippen molar-refractivity contribution < 1.29 is 24.2 Å². The van der Waals surface area contributed by atoms with E-state index in [1.165, 1.54) is 0 Å². The van der Waals surface area contributed by atoms with E-state index in [2.05, 4.69) is 64.6 Å². The summed E-state index contributed by atoms with van der Waals surface area (Å²) < 4.78 is 11.1. The number of imidazole rings is 2. The Hall–Kier alpha value is -5.42. The van der Waals surface area contributed by atoms with E-state index < -0.39 is 23.8 Å². The first-order valence-electron chi connectivity index (χ1n) is 18.1. The summed E-state index contributed by atoms with van der Waals surface area (Å²) in [7, 11) is 0. The van der Waals surface area contributed by atoms with E-state index in [4.69, 9.17) is 19.4 Å². The molecule has 0 unspecified atom stereocenters. The van der Waals surface area contributed by atoms with Gasteiger partial charge in [0.05, 0.1) is 40.3 Å². The fourth-order valence-electron chi connectivity index (χ4n) is 7.49. The number of H-pyrrole nitrogens is 2. The van der Waals surface area contributed by atoms with Crippen LogP contribution in [0.1, 0.15) is 77.6 Å². The average molecular weight is 701 g/mol. The summed E-state index contributed by atoms with van der Waals surface area (Å²) in [5, 5.41) is 13.0. The fourth-order valence-corrected chi connectivity index (χ4v) is 7.49. The number of aliphatic hydroxyl groups is 1. The Kier molecular flexibility index (Phi) is 8.41. The Morgan fingerprint density at radius 3 is 1.90 bits per heavy atom. The zero-order chi connectivity index (χ0) is 36.3. The van der Waals surface area contributed by atoms with Crippen molar-refractivity contribution in [2.75, 3.05) is 13.1 Å². The van der Waals surface area contributed by atoms with Gasteiger partial charge in [-0.25, -0.2) is 19.6 Å². The molecular formula is C41H44N6O5. The highest BCUT2D eigenvalue weighted by atomic mass is 16.6. The average Bonchev–Trinajstić information content (AvgIpc) is 3.90. The molecule has 0 saturated carbocycles. The number of nitrogens with zero attached hydrogens (tertiary/aromatic N) is 4. The van der Waals surface area contributed by atoms with E-state index in [9.17, 15) is 14.7 Å². The SMILES string of the molecule is CC(C)OC(=O)N1CC[C@@H](O)[C@H]1c1nc2ccc(-c3ccc4cc(-c5ccc6nc([C@@H]7CCCN7C(=O)OC(C)(C)C)[nH]c6c5)ccc4c3)cc2[nH]1. The molecule has 3 atom stereocenters. The van der Waals surface area contributed by atoms with Crippen molar-refractivity contribution in [2.24, 2.45) is 0 Å². The van der Waals surface area contributed by atoms with Crippen LogP contribution in [0.4, 0.5) is 9.59 Å². The zero-order valence-electron chi connectivity index (χ0n) is 30.1. The predicted octanol–water partition coefficient (Wildman–Crippen LogP) is 8.65. The summed E-state index contributed by atoms with van der Waals surface area (Å²) in [5.41, 5.74) is 7.13. The molecule has 268 valence electrons. The molecule has 2 amide bonds. The van der Waals surface area contributed by atoms with Gasteiger partial charge in [-0.3, -0.25) is 9.80 Å². The number of aliphatic hydroxyl groups excluding tert-OH is 1. The van der Waals surface area contributed by atoms with Crippen molar-refractivity contribution in [1.29, 1.82) is 0 Å². The second kappa shape index (κ2) is 13.0. The lowest BCUT2D eigenvalue weighted by atomic mass is 9.97. The van der Waals surface area contributed by atoms with Crippen LogP contribution in [0, 0.1) is 0 Å². The molecule has 11 nitrogen and oxygen atoms in total. The van der Waals surface area contributed by atoms with Gasteiger partial charge in [-0.05, 0) is 123 Å². The van der Waals surface area contributed by atoms with Crippen molar-refractivity contribution in [1.82, 2.24) is 29.7 Å². The molecule has 0 radical (unpaired) electrons. The summed E-state index contributed by atoms with van der Waals surface area (Å²) in [6, 6.07) is 24.5. The number of hydrogen-bond acceptors (Lipinski definition) is 7. The maximum atomic E-state index is 12.9. The summed E-state index contributed by atoms with van der Waals surface area (Å²) in [4.78, 5) is 45.5. The highest BCUT2D eigenvalue weighted by Crippen LogP contribution is 2.36. The van der Waals surface area contributed by atoms with Crippen LogP contribution in [-0.2, 0) is 9.47 Å². The van der Waals surface area contributed by atoms with Crippen molar-refractivity contribution in [3.05, 3.63) is 84.4 Å². The van der Waals surface area contributed by atoms with Crippen LogP contribution in [-0.4, -0.2) is 77.9 Å². The van der Waals surface area contributed by atoms with Gasteiger partial charge in [-0.2, -0.15) is 0 Å². The van der Waals surface area contributed by atoms with E-state index in [1.54, 1.807) is 9.80 Å². The minimum absolute atomic E-state index is 0.137. The fraction of sp³-hybridized carbons (Fsp3) is 0.366. The normalized spacial score (nSPS) is 19.4. The third-order valence-corrected chi connectivity index (χ3v) is 9.92. The zero-order valence-corrected chi connectivity index (χ0v) is 30.1. The van der Waals surface area contributed by atoms with Gasteiger partial charge in [-0.15, -0.1) is 0 Å². The number of aromatic amines is 2. The number of amides is 2. The minimum atomic E-state index is -0.724. The topological polar surface area (TPSA) is 137 Å². The van der Waals surface area contributed by atoms with E-state index in [1.807, 2.05) is 52.8 Å². The predicted molar refractivity (Wildman–Crippen MR) is 201 cm³/mol. The lowest BCUT2D eigenvalue weighted by molar-refractivity contribution is 0.0218. The van der Waals surface area contributed by atoms with Crippen molar-refractivity contribution in [3.8, 4) is 22.3 Å². The van der Waals surface area contributed by atoms with Crippen molar-refractivity contribution in [3.63, 3.8) is 0 Å². The Labute approximate surface area is 302 Å². The molecule has 0 spiro atoms. The Balaban J connectivity index is 1.02. The summed E-state index contributed by atoms with van der Waals surface area (Å²) in [6.45, 7) is 10.3. The number of aromatic nitrogens is 4. The third kappa shape index (κ3) is 6.45. The first-order valence-corrected chi connectivity index (χ1v) is 18.1. The van der Waals surface area contributed by atoms with Crippen LogP contribution < -0.4 is 0 Å². The molecule has 3 N–H and O–H groups in total. The van der Waals surface area contributed by atoms with E-state index in [-0.39, 0.29) is 18.2 Å². The lowest BCUT2D eigenvalue weighted by Crippen LogP contribution is -2.36. The molecule has 0 bridgehead atoms. The molecule has 6 aromatic rings. The standard InChI is InChI=1S/C41H44N6O5/c1-23(2)51-39(49)47-18-16-35(48)36(47)38-43-31-15-13-29(22-33(31)45-38)27-11-9-24-19-26(10-8-25(24)20-27)28-12-14-30-32(21-28)44-37(42-30)34-7-6-17-46(34)40(50)52-41(3,4)5/h8-15,19-23,34-36,48H,6-7,16-18H2,1-5H3,(H,42,44)(H,43,45)/t34-,35+,36-/m0/s1. The Bertz CT molecular complexity index is 2320. The van der Waals surface area contributed by atoms with Gasteiger partial charge in [0.25, 0.3) is 0 Å². The number of rotatable bonds is 5. The quantitative estimate of drug-likeness (QED) is 0.164. The maximum Gasteiger partial charge on any atom is 0.410 e. The highest BCUT2D eigenvalue weighted by molar-refractivity contribution is 5.93. The van der Waals surface area contributed by atoms with Crippen LogP contribution >= 0.6 is 0 Å². The second-order valence-electron chi connectivity index (χ2n) is 15.2. The first-order chi connectivity index (χ1) is 24.9. The van der Waals surface area contributed by atoms with Gasteiger partial charge in [0.1, 0.15) is 23.3 Å². The van der Waals surface area contributed by atoms with Crippen LogP contribution in [0.15, 0.2) is 72.8 Å². The van der Waals surface area contributed by atoms with Crippen LogP contribution in [0.5, 0.6) is 0 Å². The Morgan fingerprint density at radius 1 is 0.750 bits per heavy atom. The molecule has 4 heterocycles. The number of hydrogen-bond donors (Lipinski definition) is 3. The molecule has 2 saturated heterocycles. The minimum Gasteiger partial charge on any atom is -0.447 e. The molecule has 2 aromatic heterocycles. The number of benzene rings is 4. The number of nitrogens with one attached hydrogen (secondary N) is 2. The molecule has 8 rings (SSSR count). The molecule has 52 heavy (non-hydrogen) atoms. The molecule has 2 fully saturated rings. The summed E-state index contributed by atoms with van der Waals surface area (Å²) in [6.07, 6.45) is 0.499. The number of carbonyl (C=O) groups is 2. The van der Waals surface area contributed by atoms with Gasteiger partial charge in [0.15, 0.2) is 0 Å². The number of carbonyl (C=O) groups excluding carboxylic acids is 2. The molecule has 0 aliphatic carbocycles. The third-order valence-electron chi connectivity index (χ3n) is 9.92. The largest absolute Gasteiger partial charge is 0.447 e. The second-order valence-corrected chi connectivity index (χ2v) is 15.2. The van der Waals surface area contributed by atoms with Gasteiger partial charge >= 0.3 is 12.2 Å². The lowest BCUT2D eigenvalue weighted by Gasteiger charge is -2.27. The molecule has 2 aliphatic heterocycles. The molecule has 2 aliphatic rings.